The molecule has 3 aromatic rings. The molecule has 0 atom stereocenters. The summed E-state index contributed by atoms with van der Waals surface area (Å²) in [5.74, 6) is 1.02. The lowest BCUT2D eigenvalue weighted by Crippen LogP contribution is -2.09. The van der Waals surface area contributed by atoms with E-state index in [1.54, 1.807) is 0 Å². The smallest absolute Gasteiger partial charge is 0.0652 e. The Morgan fingerprint density at radius 1 is 0.708 bits per heavy atom. The van der Waals surface area contributed by atoms with E-state index in [1.807, 2.05) is 65.4 Å². The van der Waals surface area contributed by atoms with E-state index in [4.69, 9.17) is 5.10 Å². The zero-order valence-electron chi connectivity index (χ0n) is 13.5. The molecular formula is C21H20N2S. The fourth-order valence-corrected chi connectivity index (χ4v) is 3.11. The van der Waals surface area contributed by atoms with Crippen molar-refractivity contribution in [3.63, 3.8) is 0 Å². The highest BCUT2D eigenvalue weighted by Gasteiger charge is 2.05. The van der Waals surface area contributed by atoms with E-state index in [9.17, 15) is 0 Å². The van der Waals surface area contributed by atoms with E-state index in [0.717, 1.165) is 23.5 Å². The number of para-hydroxylation sites is 2. The monoisotopic (exact) mass is 332 g/mol. The van der Waals surface area contributed by atoms with Crippen LogP contribution >= 0.6 is 11.8 Å². The minimum absolute atomic E-state index is 0.926. The molecule has 3 rings (SSSR count). The van der Waals surface area contributed by atoms with Crippen LogP contribution in [-0.2, 0) is 0 Å². The maximum absolute atomic E-state index is 4.69. The van der Waals surface area contributed by atoms with Crippen LogP contribution in [0, 0.1) is 0 Å². The third-order valence-corrected chi connectivity index (χ3v) is 4.50. The van der Waals surface area contributed by atoms with Gasteiger partial charge >= 0.3 is 0 Å². The van der Waals surface area contributed by atoms with Crippen LogP contribution in [0.15, 0.2) is 101 Å². The molecule has 3 aromatic carbocycles. The summed E-state index contributed by atoms with van der Waals surface area (Å²) in [6, 6.07) is 30.9. The van der Waals surface area contributed by atoms with Crippen LogP contribution in [0.5, 0.6) is 0 Å². The normalized spacial score (nSPS) is 10.8. The fourth-order valence-electron chi connectivity index (χ4n) is 2.31. The Labute approximate surface area is 147 Å². The van der Waals surface area contributed by atoms with Crippen molar-refractivity contribution in [1.82, 2.24) is 0 Å². The van der Waals surface area contributed by atoms with Gasteiger partial charge in [0.05, 0.1) is 11.4 Å². The van der Waals surface area contributed by atoms with Crippen LogP contribution in [0.4, 0.5) is 11.4 Å². The fraction of sp³-hybridized carbons (Fsp3) is 0.0952. The first-order valence-electron chi connectivity index (χ1n) is 8.04. The van der Waals surface area contributed by atoms with Gasteiger partial charge in [-0.15, -0.1) is 11.8 Å². The quantitative estimate of drug-likeness (QED) is 0.228. The first kappa shape index (κ1) is 16.3. The van der Waals surface area contributed by atoms with E-state index in [0.29, 0.717) is 0 Å². The molecule has 0 spiro atoms. The van der Waals surface area contributed by atoms with Gasteiger partial charge in [0.2, 0.25) is 0 Å². The molecule has 0 unspecified atom stereocenters. The highest BCUT2D eigenvalue weighted by molar-refractivity contribution is 7.99. The van der Waals surface area contributed by atoms with E-state index >= 15 is 0 Å². The van der Waals surface area contributed by atoms with Crippen molar-refractivity contribution in [2.45, 2.75) is 11.3 Å². The molecule has 0 fully saturated rings. The minimum atomic E-state index is 0.926. The number of nitrogens with zero attached hydrogens (tertiary/aromatic N) is 2. The number of rotatable bonds is 7. The molecule has 2 nitrogen and oxygen atoms in total. The number of anilines is 2. The number of benzene rings is 3. The molecule has 0 saturated carbocycles. The third kappa shape index (κ3) is 4.74. The van der Waals surface area contributed by atoms with Crippen molar-refractivity contribution in [2.75, 3.05) is 10.8 Å². The predicted molar refractivity (Wildman–Crippen MR) is 105 cm³/mol. The summed E-state index contributed by atoms with van der Waals surface area (Å²) in [4.78, 5) is 1.30. The second-order valence-corrected chi connectivity index (χ2v) is 6.40. The number of thioether (sulfide) groups is 1. The van der Waals surface area contributed by atoms with Gasteiger partial charge in [0.15, 0.2) is 0 Å². The van der Waals surface area contributed by atoms with Crippen LogP contribution in [0.3, 0.4) is 0 Å². The first-order valence-corrected chi connectivity index (χ1v) is 9.02. The standard InChI is InChI=1S/C21H20N2S/c1-4-11-19(12-5-1)23(20-13-6-2-7-14-20)22-17-10-18-24-21-15-8-3-9-16-21/h1-9,11-17H,10,18H2/b22-17+. The summed E-state index contributed by atoms with van der Waals surface area (Å²) in [5, 5.41) is 6.67. The Bertz CT molecular complexity index is 703. The molecule has 120 valence electrons. The van der Waals surface area contributed by atoms with E-state index in [1.165, 1.54) is 4.90 Å². The van der Waals surface area contributed by atoms with Gasteiger partial charge in [0.25, 0.3) is 0 Å². The zero-order chi connectivity index (χ0) is 16.5. The number of hydrazone groups is 1. The largest absolute Gasteiger partial charge is 0.234 e. The summed E-state index contributed by atoms with van der Waals surface area (Å²) >= 11 is 1.85. The molecule has 3 heteroatoms. The summed E-state index contributed by atoms with van der Waals surface area (Å²) in [6.07, 6.45) is 2.92. The SMILES string of the molecule is C(/CCSc1ccccc1)=N\N(c1ccccc1)c1ccccc1. The van der Waals surface area contributed by atoms with E-state index in [2.05, 4.69) is 48.5 Å². The molecule has 0 aliphatic carbocycles. The molecule has 0 N–H and O–H groups in total. The van der Waals surface area contributed by atoms with Crippen LogP contribution < -0.4 is 5.01 Å². The Morgan fingerprint density at radius 3 is 1.75 bits per heavy atom. The summed E-state index contributed by atoms with van der Waals surface area (Å²) in [5.41, 5.74) is 2.13. The van der Waals surface area contributed by atoms with Crippen LogP contribution in [0.2, 0.25) is 0 Å². The molecule has 0 saturated heterocycles. The Hall–Kier alpha value is -2.52. The molecule has 24 heavy (non-hydrogen) atoms. The van der Waals surface area contributed by atoms with Crippen LogP contribution in [-0.4, -0.2) is 12.0 Å². The Balaban J connectivity index is 1.64. The molecule has 0 heterocycles. The maximum Gasteiger partial charge on any atom is 0.0652 e. The molecule has 0 aliphatic heterocycles. The summed E-state index contributed by atoms with van der Waals surface area (Å²) in [6.45, 7) is 0. The van der Waals surface area contributed by atoms with Crippen molar-refractivity contribution in [3.05, 3.63) is 91.0 Å². The molecule has 0 bridgehead atoms. The van der Waals surface area contributed by atoms with Crippen molar-refractivity contribution in [3.8, 4) is 0 Å². The molecular weight excluding hydrogens is 312 g/mol. The van der Waals surface area contributed by atoms with Gasteiger partial charge in [-0.05, 0) is 42.8 Å². The molecule has 0 aliphatic rings. The van der Waals surface area contributed by atoms with Crippen molar-refractivity contribution < 1.29 is 0 Å². The Morgan fingerprint density at radius 2 is 1.21 bits per heavy atom. The third-order valence-electron chi connectivity index (χ3n) is 3.46. The van der Waals surface area contributed by atoms with Crippen molar-refractivity contribution in [1.29, 1.82) is 0 Å². The lowest BCUT2D eigenvalue weighted by atomic mass is 10.2. The lowest BCUT2D eigenvalue weighted by molar-refractivity contribution is 1.08. The van der Waals surface area contributed by atoms with Crippen LogP contribution in [0.1, 0.15) is 6.42 Å². The second kappa shape index (κ2) is 8.94. The van der Waals surface area contributed by atoms with Gasteiger partial charge in [-0.3, -0.25) is 0 Å². The highest BCUT2D eigenvalue weighted by Crippen LogP contribution is 2.25. The number of hydrogen-bond donors (Lipinski definition) is 0. The average Bonchev–Trinajstić information content (AvgIpc) is 2.67. The van der Waals surface area contributed by atoms with Gasteiger partial charge in [-0.1, -0.05) is 54.6 Å². The van der Waals surface area contributed by atoms with Gasteiger partial charge in [0.1, 0.15) is 0 Å². The predicted octanol–water partition coefficient (Wildman–Crippen LogP) is 5.99. The zero-order valence-corrected chi connectivity index (χ0v) is 14.3. The summed E-state index contributed by atoms with van der Waals surface area (Å²) < 4.78 is 0. The topological polar surface area (TPSA) is 15.6 Å². The van der Waals surface area contributed by atoms with E-state index < -0.39 is 0 Å². The van der Waals surface area contributed by atoms with Gasteiger partial charge < -0.3 is 0 Å². The van der Waals surface area contributed by atoms with Gasteiger partial charge in [-0.2, -0.15) is 5.10 Å². The average molecular weight is 332 g/mol. The van der Waals surface area contributed by atoms with Gasteiger partial charge in [-0.25, -0.2) is 5.01 Å². The minimum Gasteiger partial charge on any atom is -0.234 e. The van der Waals surface area contributed by atoms with Gasteiger partial charge in [0, 0.05) is 16.9 Å². The van der Waals surface area contributed by atoms with Crippen LogP contribution in [0.25, 0.3) is 0 Å². The van der Waals surface area contributed by atoms with Crippen molar-refractivity contribution in [2.24, 2.45) is 5.10 Å². The molecule has 0 radical (unpaired) electrons. The first-order chi connectivity index (χ1) is 11.9. The lowest BCUT2D eigenvalue weighted by Gasteiger charge is -2.19. The van der Waals surface area contributed by atoms with E-state index in [-0.39, 0.29) is 0 Å². The maximum atomic E-state index is 4.69. The summed E-state index contributed by atoms with van der Waals surface area (Å²) in [7, 11) is 0. The van der Waals surface area contributed by atoms with Crippen molar-refractivity contribution >= 4 is 29.4 Å². The Kier molecular flexibility index (Phi) is 6.09. The second-order valence-electron chi connectivity index (χ2n) is 5.23. The molecule has 0 amide bonds. The molecule has 0 aromatic heterocycles. The number of hydrogen-bond acceptors (Lipinski definition) is 3. The highest BCUT2D eigenvalue weighted by atomic mass is 32.2.